The van der Waals surface area contributed by atoms with E-state index < -0.39 is 5.97 Å². The zero-order valence-corrected chi connectivity index (χ0v) is 13.5. The molecule has 2 aromatic rings. The molecule has 0 amide bonds. The van der Waals surface area contributed by atoms with Gasteiger partial charge in [0.15, 0.2) is 0 Å². The van der Waals surface area contributed by atoms with Gasteiger partial charge in [-0.05, 0) is 32.4 Å². The normalized spacial score (nSPS) is 12.3. The number of para-hydroxylation sites is 1. The van der Waals surface area contributed by atoms with Crippen molar-refractivity contribution in [1.29, 1.82) is 0 Å². The van der Waals surface area contributed by atoms with Crippen molar-refractivity contribution in [2.24, 2.45) is 0 Å². The van der Waals surface area contributed by atoms with Crippen molar-refractivity contribution >= 4 is 17.0 Å². The molecule has 0 saturated carbocycles. The molecule has 0 fully saturated rings. The van der Waals surface area contributed by atoms with Gasteiger partial charge in [-0.1, -0.05) is 33.3 Å². The van der Waals surface area contributed by atoms with Crippen molar-refractivity contribution in [3.8, 4) is 0 Å². The Labute approximate surface area is 125 Å². The van der Waals surface area contributed by atoms with Crippen LogP contribution >= 0.6 is 0 Å². The van der Waals surface area contributed by atoms with Crippen LogP contribution in [0.1, 0.15) is 69.6 Å². The molecule has 1 heterocycles. The second-order valence-electron chi connectivity index (χ2n) is 6.50. The van der Waals surface area contributed by atoms with Gasteiger partial charge in [0.2, 0.25) is 0 Å². The first-order valence-electron chi connectivity index (χ1n) is 7.54. The monoisotopic (exact) mass is 288 g/mol. The fourth-order valence-corrected chi connectivity index (χ4v) is 3.04. The third-order valence-corrected chi connectivity index (χ3v) is 3.93. The molecule has 0 aliphatic heterocycles. The van der Waals surface area contributed by atoms with Crippen LogP contribution in [0.15, 0.2) is 18.2 Å². The first kappa shape index (κ1) is 15.5. The Kier molecular flexibility index (Phi) is 4.08. The topological polar surface area (TPSA) is 55.1 Å². The average molecular weight is 288 g/mol. The van der Waals surface area contributed by atoms with Gasteiger partial charge in [-0.15, -0.1) is 0 Å². The highest BCUT2D eigenvalue weighted by Crippen LogP contribution is 2.33. The summed E-state index contributed by atoms with van der Waals surface area (Å²) in [7, 11) is 0. The number of carboxylic acids is 1. The number of carbonyl (C=O) groups is 1. The Balaban J connectivity index is 2.82. The van der Waals surface area contributed by atoms with Crippen molar-refractivity contribution in [1.82, 2.24) is 9.55 Å². The molecule has 1 aromatic heterocycles. The average Bonchev–Trinajstić information content (AvgIpc) is 2.78. The molecule has 114 valence electrons. The van der Waals surface area contributed by atoms with E-state index in [0.29, 0.717) is 5.52 Å². The van der Waals surface area contributed by atoms with Crippen LogP contribution in [0.25, 0.3) is 11.0 Å². The first-order valence-corrected chi connectivity index (χ1v) is 7.54. The van der Waals surface area contributed by atoms with Gasteiger partial charge in [-0.2, -0.15) is 0 Å². The number of aromatic carboxylic acids is 1. The molecular weight excluding hydrogens is 264 g/mol. The van der Waals surface area contributed by atoms with Crippen molar-refractivity contribution in [3.63, 3.8) is 0 Å². The van der Waals surface area contributed by atoms with Crippen LogP contribution in [-0.4, -0.2) is 20.6 Å². The van der Waals surface area contributed by atoms with E-state index in [1.165, 1.54) is 0 Å². The molecule has 1 N–H and O–H groups in total. The molecule has 0 unspecified atom stereocenters. The predicted molar refractivity (Wildman–Crippen MR) is 85.0 cm³/mol. The fourth-order valence-electron chi connectivity index (χ4n) is 3.04. The van der Waals surface area contributed by atoms with Crippen LogP contribution < -0.4 is 0 Å². The summed E-state index contributed by atoms with van der Waals surface area (Å²) < 4.78 is 2.23. The Bertz CT molecular complexity index is 669. The third-order valence-electron chi connectivity index (χ3n) is 3.93. The van der Waals surface area contributed by atoms with Gasteiger partial charge in [-0.3, -0.25) is 0 Å². The molecule has 4 nitrogen and oxygen atoms in total. The molecule has 0 spiro atoms. The second kappa shape index (κ2) is 5.51. The molecule has 21 heavy (non-hydrogen) atoms. The van der Waals surface area contributed by atoms with Crippen molar-refractivity contribution in [2.45, 2.75) is 58.9 Å². The summed E-state index contributed by atoms with van der Waals surface area (Å²) in [6.45, 7) is 10.7. The Hall–Kier alpha value is -1.84. The molecule has 0 saturated heterocycles. The minimum atomic E-state index is -0.922. The van der Waals surface area contributed by atoms with Crippen LogP contribution in [-0.2, 0) is 5.54 Å². The van der Waals surface area contributed by atoms with Gasteiger partial charge >= 0.3 is 5.97 Å². The highest BCUT2D eigenvalue weighted by atomic mass is 16.4. The van der Waals surface area contributed by atoms with E-state index in [4.69, 9.17) is 0 Å². The zero-order valence-electron chi connectivity index (χ0n) is 13.5. The molecular formula is C17H24N2O2. The molecule has 0 aliphatic rings. The van der Waals surface area contributed by atoms with Gasteiger partial charge < -0.3 is 9.67 Å². The number of aromatic nitrogens is 2. The number of imidazole rings is 1. The first-order chi connectivity index (χ1) is 9.79. The molecule has 0 bridgehead atoms. The molecule has 0 aliphatic carbocycles. The third kappa shape index (κ3) is 2.67. The summed E-state index contributed by atoms with van der Waals surface area (Å²) in [5.41, 5.74) is 1.70. The number of fused-ring (bicyclic) bond motifs is 1. The molecule has 2 rings (SSSR count). The molecule has 4 heteroatoms. The summed E-state index contributed by atoms with van der Waals surface area (Å²) in [5, 5.41) is 9.38. The van der Waals surface area contributed by atoms with E-state index in [9.17, 15) is 9.90 Å². The lowest BCUT2D eigenvalue weighted by Crippen LogP contribution is -2.28. The lowest BCUT2D eigenvalue weighted by Gasteiger charge is -2.30. The maximum absolute atomic E-state index is 11.4. The SMILES string of the molecule is CCCC(C)(C)n1c(C(C)C)nc2c(C(=O)O)cccc21. The number of nitrogens with zero attached hydrogens (tertiary/aromatic N) is 2. The number of rotatable bonds is 5. The van der Waals surface area contributed by atoms with Crippen molar-refractivity contribution in [3.05, 3.63) is 29.6 Å². The van der Waals surface area contributed by atoms with E-state index in [0.717, 1.165) is 24.2 Å². The van der Waals surface area contributed by atoms with Crippen LogP contribution in [0.2, 0.25) is 0 Å². The lowest BCUT2D eigenvalue weighted by atomic mass is 9.97. The molecule has 0 atom stereocenters. The maximum Gasteiger partial charge on any atom is 0.337 e. The van der Waals surface area contributed by atoms with Gasteiger partial charge in [-0.25, -0.2) is 9.78 Å². The zero-order chi connectivity index (χ0) is 15.8. The van der Waals surface area contributed by atoms with Gasteiger partial charge in [0.25, 0.3) is 0 Å². The smallest absolute Gasteiger partial charge is 0.337 e. The van der Waals surface area contributed by atoms with Crippen LogP contribution in [0.3, 0.4) is 0 Å². The minimum absolute atomic E-state index is 0.0831. The van der Waals surface area contributed by atoms with Crippen LogP contribution in [0.4, 0.5) is 0 Å². The number of carboxylic acid groups (broad SMARTS) is 1. The highest BCUT2D eigenvalue weighted by molar-refractivity contribution is 6.01. The number of hydrogen-bond donors (Lipinski definition) is 1. The van der Waals surface area contributed by atoms with Crippen LogP contribution in [0, 0.1) is 0 Å². The van der Waals surface area contributed by atoms with Gasteiger partial charge in [0.05, 0.1) is 11.1 Å². The number of hydrogen-bond acceptors (Lipinski definition) is 2. The summed E-state index contributed by atoms with van der Waals surface area (Å²) in [5.74, 6) is 0.279. The maximum atomic E-state index is 11.4. The van der Waals surface area contributed by atoms with E-state index in [1.807, 2.05) is 6.07 Å². The quantitative estimate of drug-likeness (QED) is 0.887. The van der Waals surface area contributed by atoms with Gasteiger partial charge in [0, 0.05) is 11.5 Å². The fraction of sp³-hybridized carbons (Fsp3) is 0.529. The summed E-state index contributed by atoms with van der Waals surface area (Å²) in [6.07, 6.45) is 2.10. The van der Waals surface area contributed by atoms with Crippen LogP contribution in [0.5, 0.6) is 0 Å². The van der Waals surface area contributed by atoms with Crippen molar-refractivity contribution < 1.29 is 9.90 Å². The molecule has 0 radical (unpaired) electrons. The van der Waals surface area contributed by atoms with E-state index in [-0.39, 0.29) is 17.0 Å². The predicted octanol–water partition coefficient (Wildman–Crippen LogP) is 4.39. The summed E-state index contributed by atoms with van der Waals surface area (Å²) in [6, 6.07) is 5.40. The van der Waals surface area contributed by atoms with E-state index in [2.05, 4.69) is 44.2 Å². The van der Waals surface area contributed by atoms with Gasteiger partial charge in [0.1, 0.15) is 11.3 Å². The Morgan fingerprint density at radius 1 is 1.38 bits per heavy atom. The Morgan fingerprint density at radius 3 is 2.57 bits per heavy atom. The Morgan fingerprint density at radius 2 is 2.05 bits per heavy atom. The standard InChI is InChI=1S/C17H24N2O2/c1-6-10-17(4,5)19-13-9-7-8-12(16(20)21)14(13)18-15(19)11(2)3/h7-9,11H,6,10H2,1-5H3,(H,20,21). The number of benzene rings is 1. The lowest BCUT2D eigenvalue weighted by molar-refractivity contribution is 0.0699. The second-order valence-corrected chi connectivity index (χ2v) is 6.50. The van der Waals surface area contributed by atoms with Crippen molar-refractivity contribution in [2.75, 3.05) is 0 Å². The van der Waals surface area contributed by atoms with E-state index in [1.54, 1.807) is 12.1 Å². The molecule has 1 aromatic carbocycles. The minimum Gasteiger partial charge on any atom is -0.478 e. The summed E-state index contributed by atoms with van der Waals surface area (Å²) >= 11 is 0. The summed E-state index contributed by atoms with van der Waals surface area (Å²) in [4.78, 5) is 16.1. The van der Waals surface area contributed by atoms with E-state index >= 15 is 0 Å². The largest absolute Gasteiger partial charge is 0.478 e. The highest BCUT2D eigenvalue weighted by Gasteiger charge is 2.27.